The molecule has 0 fully saturated rings. The van der Waals surface area contributed by atoms with Gasteiger partial charge in [0.1, 0.15) is 12.4 Å². The molecule has 2 aromatic carbocycles. The zero-order valence-electron chi connectivity index (χ0n) is 18.4. The average molecular weight is 421 g/mol. The van der Waals surface area contributed by atoms with Crippen LogP contribution in [-0.2, 0) is 20.9 Å². The first-order valence-electron chi connectivity index (χ1n) is 10.0. The standard InChI is InChI=1S/C25H27NO5/c1-14-10-15(2)12-18(11-14)13-31-20-9-7-6-8-19(20)23-21(24(27)28)16(3)26-17(4)22(23)25(29)30-5/h6-12,23,26H,13H2,1-5H3,(H,27,28). The number of nitrogens with one attached hydrogen (secondary N) is 1. The van der Waals surface area contributed by atoms with E-state index in [2.05, 4.69) is 23.5 Å². The number of para-hydroxylation sites is 1. The van der Waals surface area contributed by atoms with Crippen LogP contribution in [0.5, 0.6) is 5.75 Å². The molecule has 1 aliphatic rings. The number of dihydropyridines is 1. The normalized spacial score (nSPS) is 16.1. The summed E-state index contributed by atoms with van der Waals surface area (Å²) in [6, 6.07) is 13.4. The minimum absolute atomic E-state index is 0.0912. The van der Waals surface area contributed by atoms with Crippen molar-refractivity contribution in [1.82, 2.24) is 5.32 Å². The lowest BCUT2D eigenvalue weighted by molar-refractivity contribution is -0.136. The number of carboxylic acid groups (broad SMARTS) is 1. The smallest absolute Gasteiger partial charge is 0.336 e. The molecule has 3 rings (SSSR count). The number of aryl methyl sites for hydroxylation is 2. The van der Waals surface area contributed by atoms with Crippen LogP contribution in [0.1, 0.15) is 42.0 Å². The minimum Gasteiger partial charge on any atom is -0.489 e. The number of carboxylic acids is 1. The Balaban J connectivity index is 2.07. The van der Waals surface area contributed by atoms with Crippen molar-refractivity contribution in [3.8, 4) is 5.75 Å². The fourth-order valence-electron chi connectivity index (χ4n) is 4.13. The Kier molecular flexibility index (Phi) is 6.49. The average Bonchev–Trinajstić information content (AvgIpc) is 2.70. The fraction of sp³-hybridized carbons (Fsp3) is 0.280. The third-order valence-corrected chi connectivity index (χ3v) is 5.30. The van der Waals surface area contributed by atoms with E-state index in [1.807, 2.05) is 19.9 Å². The molecule has 1 aliphatic heterocycles. The quantitative estimate of drug-likeness (QED) is 0.674. The van der Waals surface area contributed by atoms with Crippen molar-refractivity contribution in [2.24, 2.45) is 0 Å². The van der Waals surface area contributed by atoms with Gasteiger partial charge >= 0.3 is 11.9 Å². The van der Waals surface area contributed by atoms with E-state index < -0.39 is 17.9 Å². The van der Waals surface area contributed by atoms with Crippen molar-refractivity contribution in [3.63, 3.8) is 0 Å². The number of ether oxygens (including phenoxy) is 2. The molecule has 162 valence electrons. The maximum absolute atomic E-state index is 12.6. The number of benzene rings is 2. The van der Waals surface area contributed by atoms with Crippen LogP contribution < -0.4 is 10.1 Å². The van der Waals surface area contributed by atoms with Crippen LogP contribution in [0.3, 0.4) is 0 Å². The van der Waals surface area contributed by atoms with Gasteiger partial charge in [0.15, 0.2) is 0 Å². The van der Waals surface area contributed by atoms with Crippen molar-refractivity contribution in [3.05, 3.63) is 87.3 Å². The van der Waals surface area contributed by atoms with Gasteiger partial charge in [0.25, 0.3) is 0 Å². The number of carbonyl (C=O) groups is 2. The molecular formula is C25H27NO5. The van der Waals surface area contributed by atoms with Crippen molar-refractivity contribution in [2.45, 2.75) is 40.2 Å². The van der Waals surface area contributed by atoms with Crippen molar-refractivity contribution in [1.29, 1.82) is 0 Å². The van der Waals surface area contributed by atoms with Crippen LogP contribution in [0.4, 0.5) is 0 Å². The minimum atomic E-state index is -1.10. The van der Waals surface area contributed by atoms with Gasteiger partial charge in [0, 0.05) is 17.0 Å². The van der Waals surface area contributed by atoms with Gasteiger partial charge in [-0.1, -0.05) is 47.5 Å². The highest BCUT2D eigenvalue weighted by Gasteiger charge is 2.38. The Hall–Kier alpha value is -3.54. The number of carbonyl (C=O) groups excluding carboxylic acids is 1. The monoisotopic (exact) mass is 421 g/mol. The molecule has 31 heavy (non-hydrogen) atoms. The summed E-state index contributed by atoms with van der Waals surface area (Å²) in [6.07, 6.45) is 0. The van der Waals surface area contributed by atoms with E-state index >= 15 is 0 Å². The largest absolute Gasteiger partial charge is 0.489 e. The van der Waals surface area contributed by atoms with E-state index in [0.29, 0.717) is 29.3 Å². The molecule has 1 atom stereocenters. The van der Waals surface area contributed by atoms with E-state index in [4.69, 9.17) is 9.47 Å². The highest BCUT2D eigenvalue weighted by Crippen LogP contribution is 2.42. The van der Waals surface area contributed by atoms with Gasteiger partial charge in [0.2, 0.25) is 0 Å². The Morgan fingerprint density at radius 3 is 2.19 bits per heavy atom. The van der Waals surface area contributed by atoms with E-state index in [9.17, 15) is 14.7 Å². The lowest BCUT2D eigenvalue weighted by Gasteiger charge is -2.30. The van der Waals surface area contributed by atoms with Gasteiger partial charge in [-0.05, 0) is 39.3 Å². The molecule has 6 nitrogen and oxygen atoms in total. The maximum Gasteiger partial charge on any atom is 0.336 e. The van der Waals surface area contributed by atoms with Gasteiger partial charge in [-0.25, -0.2) is 9.59 Å². The van der Waals surface area contributed by atoms with E-state index in [1.54, 1.807) is 32.0 Å². The maximum atomic E-state index is 12.6. The summed E-state index contributed by atoms with van der Waals surface area (Å²) in [4.78, 5) is 24.8. The lowest BCUT2D eigenvalue weighted by atomic mass is 9.80. The van der Waals surface area contributed by atoms with Crippen molar-refractivity contribution >= 4 is 11.9 Å². The zero-order valence-corrected chi connectivity index (χ0v) is 18.4. The number of allylic oxidation sites excluding steroid dienone is 2. The summed E-state index contributed by atoms with van der Waals surface area (Å²) in [5.41, 5.74) is 5.29. The first-order valence-corrected chi connectivity index (χ1v) is 10.0. The zero-order chi connectivity index (χ0) is 22.7. The highest BCUT2D eigenvalue weighted by molar-refractivity contribution is 5.99. The van der Waals surface area contributed by atoms with E-state index in [1.165, 1.54) is 7.11 Å². The number of aliphatic carboxylic acids is 1. The van der Waals surface area contributed by atoms with E-state index in [0.717, 1.165) is 16.7 Å². The van der Waals surface area contributed by atoms with Crippen molar-refractivity contribution in [2.75, 3.05) is 7.11 Å². The summed E-state index contributed by atoms with van der Waals surface area (Å²) in [5.74, 6) is -1.98. The molecule has 2 N–H and O–H groups in total. The van der Waals surface area contributed by atoms with Crippen LogP contribution in [0.2, 0.25) is 0 Å². The SMILES string of the molecule is COC(=O)C1=C(C)NC(C)=C(C(=O)O)C1c1ccccc1OCc1cc(C)cc(C)c1. The molecule has 0 bridgehead atoms. The van der Waals surface area contributed by atoms with Gasteiger partial charge in [-0.15, -0.1) is 0 Å². The first kappa shape index (κ1) is 22.2. The molecule has 6 heteroatoms. The Morgan fingerprint density at radius 1 is 0.968 bits per heavy atom. The van der Waals surface area contributed by atoms with Crippen LogP contribution >= 0.6 is 0 Å². The van der Waals surface area contributed by atoms with Gasteiger partial charge < -0.3 is 19.9 Å². The van der Waals surface area contributed by atoms with Gasteiger partial charge in [0.05, 0.1) is 24.2 Å². The topological polar surface area (TPSA) is 84.9 Å². The van der Waals surface area contributed by atoms with Crippen LogP contribution in [0, 0.1) is 13.8 Å². The molecule has 0 aliphatic carbocycles. The molecule has 0 saturated carbocycles. The third kappa shape index (κ3) is 4.63. The third-order valence-electron chi connectivity index (χ3n) is 5.30. The lowest BCUT2D eigenvalue weighted by Crippen LogP contribution is -2.31. The van der Waals surface area contributed by atoms with Gasteiger partial charge in [-0.2, -0.15) is 0 Å². The number of hydrogen-bond acceptors (Lipinski definition) is 5. The molecule has 0 aromatic heterocycles. The summed E-state index contributed by atoms with van der Waals surface area (Å²) in [7, 11) is 1.29. The predicted molar refractivity (Wildman–Crippen MR) is 118 cm³/mol. The van der Waals surface area contributed by atoms with E-state index in [-0.39, 0.29) is 11.1 Å². The fourth-order valence-corrected chi connectivity index (χ4v) is 4.13. The summed E-state index contributed by atoms with van der Waals surface area (Å²) in [5, 5.41) is 12.9. The second-order valence-electron chi connectivity index (χ2n) is 7.75. The molecule has 0 radical (unpaired) electrons. The van der Waals surface area contributed by atoms with Crippen LogP contribution in [-0.4, -0.2) is 24.2 Å². The molecule has 1 unspecified atom stereocenters. The van der Waals surface area contributed by atoms with Crippen LogP contribution in [0.25, 0.3) is 0 Å². The van der Waals surface area contributed by atoms with Crippen LogP contribution in [0.15, 0.2) is 65.0 Å². The Labute approximate surface area is 182 Å². The summed E-state index contributed by atoms with van der Waals surface area (Å²) in [6.45, 7) is 7.81. The predicted octanol–water partition coefficient (Wildman–Crippen LogP) is 4.37. The number of hydrogen-bond donors (Lipinski definition) is 2. The first-order chi connectivity index (χ1) is 14.7. The number of methoxy groups -OCH3 is 1. The summed E-state index contributed by atoms with van der Waals surface area (Å²) < 4.78 is 11.1. The Bertz CT molecular complexity index is 1080. The molecular weight excluding hydrogens is 394 g/mol. The second kappa shape index (κ2) is 9.08. The molecule has 2 aromatic rings. The molecule has 0 amide bonds. The van der Waals surface area contributed by atoms with Gasteiger partial charge in [-0.3, -0.25) is 0 Å². The molecule has 0 spiro atoms. The number of rotatable bonds is 6. The molecule has 0 saturated heterocycles. The Morgan fingerprint density at radius 2 is 1.58 bits per heavy atom. The summed E-state index contributed by atoms with van der Waals surface area (Å²) >= 11 is 0. The van der Waals surface area contributed by atoms with Crippen molar-refractivity contribution < 1.29 is 24.2 Å². The second-order valence-corrected chi connectivity index (χ2v) is 7.75. The number of esters is 1. The molecule has 1 heterocycles. The highest BCUT2D eigenvalue weighted by atomic mass is 16.5.